The Bertz CT molecular complexity index is 305. The van der Waals surface area contributed by atoms with E-state index >= 15 is 0 Å². The Kier molecular flexibility index (Phi) is 2.97. The Balaban J connectivity index is 3.22. The van der Waals surface area contributed by atoms with Crippen LogP contribution in [0.15, 0.2) is 18.2 Å². The van der Waals surface area contributed by atoms with Gasteiger partial charge in [0.15, 0.2) is 0 Å². The van der Waals surface area contributed by atoms with Gasteiger partial charge in [-0.3, -0.25) is 0 Å². The minimum atomic E-state index is -0.281. The summed E-state index contributed by atoms with van der Waals surface area (Å²) in [5, 5.41) is 0.207. The van der Waals surface area contributed by atoms with Gasteiger partial charge in [0.25, 0.3) is 0 Å². The summed E-state index contributed by atoms with van der Waals surface area (Å²) in [6, 6.07) is 5.16. The molecule has 0 saturated carbocycles. The van der Waals surface area contributed by atoms with Crippen LogP contribution in [0.4, 0.5) is 4.39 Å². The third-order valence-corrected chi connectivity index (χ3v) is 2.86. The Morgan fingerprint density at radius 2 is 2.00 bits per heavy atom. The summed E-state index contributed by atoms with van der Waals surface area (Å²) in [6.07, 6.45) is 0.893. The lowest BCUT2D eigenvalue weighted by atomic mass is 9.82. The number of halogens is 2. The SMILES string of the molecule is CCC(C)(C)c1cccc(Cl)c1F. The summed E-state index contributed by atoms with van der Waals surface area (Å²) in [4.78, 5) is 0. The fourth-order valence-corrected chi connectivity index (χ4v) is 1.39. The van der Waals surface area contributed by atoms with Crippen molar-refractivity contribution >= 4 is 11.6 Å². The summed E-state index contributed by atoms with van der Waals surface area (Å²) < 4.78 is 13.6. The van der Waals surface area contributed by atoms with Crippen LogP contribution >= 0.6 is 11.6 Å². The third-order valence-electron chi connectivity index (χ3n) is 2.56. The molecular weight excluding hydrogens is 187 g/mol. The normalized spacial score (nSPS) is 11.8. The molecule has 0 atom stereocenters. The maximum Gasteiger partial charge on any atom is 0.145 e. The van der Waals surface area contributed by atoms with Crippen molar-refractivity contribution in [1.29, 1.82) is 0 Å². The number of benzene rings is 1. The van der Waals surface area contributed by atoms with E-state index in [0.29, 0.717) is 5.56 Å². The molecule has 0 saturated heterocycles. The standard InChI is InChI=1S/C11H14ClF/c1-4-11(2,3)8-6-5-7-9(12)10(8)13/h5-7H,4H2,1-3H3. The minimum Gasteiger partial charge on any atom is -0.205 e. The summed E-state index contributed by atoms with van der Waals surface area (Å²) in [5.74, 6) is -0.281. The van der Waals surface area contributed by atoms with Crippen LogP contribution in [0, 0.1) is 5.82 Å². The molecule has 0 aromatic heterocycles. The highest BCUT2D eigenvalue weighted by Crippen LogP contribution is 2.31. The smallest absolute Gasteiger partial charge is 0.145 e. The second-order valence-electron chi connectivity index (χ2n) is 3.84. The molecular formula is C11H14ClF. The Morgan fingerprint density at radius 1 is 1.38 bits per heavy atom. The summed E-state index contributed by atoms with van der Waals surface area (Å²) in [6.45, 7) is 6.07. The maximum absolute atomic E-state index is 13.6. The fourth-order valence-electron chi connectivity index (χ4n) is 1.22. The van der Waals surface area contributed by atoms with Crippen molar-refractivity contribution in [1.82, 2.24) is 0 Å². The number of hydrogen-bond donors (Lipinski definition) is 0. The first-order valence-electron chi connectivity index (χ1n) is 4.43. The van der Waals surface area contributed by atoms with Crippen molar-refractivity contribution in [2.45, 2.75) is 32.6 Å². The highest BCUT2D eigenvalue weighted by molar-refractivity contribution is 6.30. The Hall–Kier alpha value is -0.560. The van der Waals surface area contributed by atoms with Crippen LogP contribution < -0.4 is 0 Å². The lowest BCUT2D eigenvalue weighted by Crippen LogP contribution is -2.17. The van der Waals surface area contributed by atoms with Gasteiger partial charge in [0.2, 0.25) is 0 Å². The molecule has 0 radical (unpaired) electrons. The van der Waals surface area contributed by atoms with E-state index < -0.39 is 0 Å². The summed E-state index contributed by atoms with van der Waals surface area (Å²) in [5.41, 5.74) is 0.553. The zero-order valence-corrected chi connectivity index (χ0v) is 8.95. The van der Waals surface area contributed by atoms with Gasteiger partial charge in [-0.15, -0.1) is 0 Å². The Morgan fingerprint density at radius 3 is 2.54 bits per heavy atom. The molecule has 0 amide bonds. The lowest BCUT2D eigenvalue weighted by Gasteiger charge is -2.24. The number of rotatable bonds is 2. The van der Waals surface area contributed by atoms with Crippen molar-refractivity contribution in [2.75, 3.05) is 0 Å². The molecule has 1 rings (SSSR count). The molecule has 0 spiro atoms. The van der Waals surface area contributed by atoms with Crippen LogP contribution in [0.5, 0.6) is 0 Å². The van der Waals surface area contributed by atoms with Gasteiger partial charge in [-0.1, -0.05) is 44.5 Å². The molecule has 0 fully saturated rings. The van der Waals surface area contributed by atoms with Gasteiger partial charge >= 0.3 is 0 Å². The van der Waals surface area contributed by atoms with Crippen molar-refractivity contribution in [2.24, 2.45) is 0 Å². The maximum atomic E-state index is 13.6. The van der Waals surface area contributed by atoms with E-state index in [1.165, 1.54) is 0 Å². The molecule has 1 aromatic rings. The van der Waals surface area contributed by atoms with E-state index in [1.54, 1.807) is 18.2 Å². The molecule has 0 nitrogen and oxygen atoms in total. The predicted octanol–water partition coefficient (Wildman–Crippen LogP) is 4.17. The molecule has 0 bridgehead atoms. The average Bonchev–Trinajstić information content (AvgIpc) is 2.09. The van der Waals surface area contributed by atoms with Gasteiger partial charge < -0.3 is 0 Å². The molecule has 0 aliphatic carbocycles. The van der Waals surface area contributed by atoms with Crippen LogP contribution in [0.3, 0.4) is 0 Å². The van der Waals surface area contributed by atoms with Gasteiger partial charge in [0, 0.05) is 0 Å². The molecule has 0 heterocycles. The molecule has 13 heavy (non-hydrogen) atoms. The monoisotopic (exact) mass is 200 g/mol. The quantitative estimate of drug-likeness (QED) is 0.672. The van der Waals surface area contributed by atoms with Crippen molar-refractivity contribution in [3.05, 3.63) is 34.6 Å². The van der Waals surface area contributed by atoms with Crippen LogP contribution in [-0.4, -0.2) is 0 Å². The van der Waals surface area contributed by atoms with Crippen molar-refractivity contribution in [3.63, 3.8) is 0 Å². The van der Waals surface area contributed by atoms with Crippen LogP contribution in [0.2, 0.25) is 5.02 Å². The van der Waals surface area contributed by atoms with E-state index in [9.17, 15) is 4.39 Å². The molecule has 0 N–H and O–H groups in total. The van der Waals surface area contributed by atoms with Crippen LogP contribution in [0.1, 0.15) is 32.8 Å². The third kappa shape index (κ3) is 2.02. The second-order valence-corrected chi connectivity index (χ2v) is 4.25. The first-order chi connectivity index (χ1) is 5.99. The first-order valence-corrected chi connectivity index (χ1v) is 4.81. The molecule has 0 unspecified atom stereocenters. The molecule has 2 heteroatoms. The second kappa shape index (κ2) is 3.67. The summed E-state index contributed by atoms with van der Waals surface area (Å²) in [7, 11) is 0. The zero-order valence-electron chi connectivity index (χ0n) is 8.20. The highest BCUT2D eigenvalue weighted by Gasteiger charge is 2.22. The summed E-state index contributed by atoms with van der Waals surface area (Å²) >= 11 is 5.70. The van der Waals surface area contributed by atoms with Gasteiger partial charge in [-0.05, 0) is 23.5 Å². The number of hydrogen-bond acceptors (Lipinski definition) is 0. The van der Waals surface area contributed by atoms with Gasteiger partial charge in [0.1, 0.15) is 5.82 Å². The first kappa shape index (κ1) is 10.5. The minimum absolute atomic E-state index is 0.144. The average molecular weight is 201 g/mol. The largest absolute Gasteiger partial charge is 0.205 e. The molecule has 72 valence electrons. The molecule has 0 aliphatic heterocycles. The lowest BCUT2D eigenvalue weighted by molar-refractivity contribution is 0.469. The van der Waals surface area contributed by atoms with E-state index in [2.05, 4.69) is 0 Å². The zero-order chi connectivity index (χ0) is 10.1. The highest BCUT2D eigenvalue weighted by atomic mass is 35.5. The van der Waals surface area contributed by atoms with E-state index in [1.807, 2.05) is 20.8 Å². The van der Waals surface area contributed by atoms with E-state index in [4.69, 9.17) is 11.6 Å². The van der Waals surface area contributed by atoms with E-state index in [-0.39, 0.29) is 16.3 Å². The van der Waals surface area contributed by atoms with Crippen molar-refractivity contribution < 1.29 is 4.39 Å². The fraction of sp³-hybridized carbons (Fsp3) is 0.455. The van der Waals surface area contributed by atoms with E-state index in [0.717, 1.165) is 6.42 Å². The van der Waals surface area contributed by atoms with Crippen LogP contribution in [0.25, 0.3) is 0 Å². The predicted molar refractivity (Wildman–Crippen MR) is 54.7 cm³/mol. The van der Waals surface area contributed by atoms with Gasteiger partial charge in [-0.2, -0.15) is 0 Å². The molecule has 0 aliphatic rings. The van der Waals surface area contributed by atoms with Gasteiger partial charge in [0.05, 0.1) is 5.02 Å². The van der Waals surface area contributed by atoms with Crippen molar-refractivity contribution in [3.8, 4) is 0 Å². The van der Waals surface area contributed by atoms with Crippen LogP contribution in [-0.2, 0) is 5.41 Å². The van der Waals surface area contributed by atoms with Gasteiger partial charge in [-0.25, -0.2) is 4.39 Å². The molecule has 1 aromatic carbocycles. The topological polar surface area (TPSA) is 0 Å². The Labute approximate surface area is 83.7 Å².